The number of likely N-dealkylation sites (N-methyl/N-ethyl adjacent to an activating group) is 1. The number of carbonyl (C=O) groups is 2. The Morgan fingerprint density at radius 3 is 2.81 bits per heavy atom. The van der Waals surface area contributed by atoms with Crippen molar-refractivity contribution in [1.82, 2.24) is 20.4 Å². The number of aromatic nitrogens is 2. The molecule has 1 aliphatic heterocycles. The second kappa shape index (κ2) is 8.09. The monoisotopic (exact) mass is 358 g/mol. The zero-order valence-corrected chi connectivity index (χ0v) is 14.6. The topological polar surface area (TPSA) is 109 Å². The number of likely N-dealkylation sites (tertiary alicyclic amines) is 1. The molecule has 2 unspecified atom stereocenters. The SMILES string of the molecule is CN1CC(NC(=O)CCC(=O)O)CC1c1nc(Cc2ccccc2)no1. The van der Waals surface area contributed by atoms with Gasteiger partial charge in [-0.2, -0.15) is 4.98 Å². The van der Waals surface area contributed by atoms with Crippen molar-refractivity contribution in [3.63, 3.8) is 0 Å². The molecule has 0 bridgehead atoms. The molecule has 0 saturated carbocycles. The highest BCUT2D eigenvalue weighted by Gasteiger charge is 2.35. The number of hydrogen-bond donors (Lipinski definition) is 2. The number of carboxylic acids is 1. The number of carbonyl (C=O) groups excluding carboxylic acids is 1. The van der Waals surface area contributed by atoms with Gasteiger partial charge in [0.25, 0.3) is 0 Å². The van der Waals surface area contributed by atoms with E-state index in [0.717, 1.165) is 5.56 Å². The lowest BCUT2D eigenvalue weighted by atomic mass is 10.1. The normalized spacial score (nSPS) is 20.2. The van der Waals surface area contributed by atoms with Crippen molar-refractivity contribution in [1.29, 1.82) is 0 Å². The lowest BCUT2D eigenvalue weighted by Gasteiger charge is -2.14. The Morgan fingerprint density at radius 2 is 2.08 bits per heavy atom. The van der Waals surface area contributed by atoms with Crippen molar-refractivity contribution in [2.24, 2.45) is 0 Å². The van der Waals surface area contributed by atoms with E-state index in [4.69, 9.17) is 9.63 Å². The highest BCUT2D eigenvalue weighted by Crippen LogP contribution is 2.29. The minimum atomic E-state index is -0.974. The fourth-order valence-electron chi connectivity index (χ4n) is 3.17. The summed E-state index contributed by atoms with van der Waals surface area (Å²) in [6.45, 7) is 0.653. The third kappa shape index (κ3) is 4.66. The van der Waals surface area contributed by atoms with Crippen LogP contribution in [-0.4, -0.2) is 51.7 Å². The second-order valence-corrected chi connectivity index (χ2v) is 6.56. The molecule has 138 valence electrons. The lowest BCUT2D eigenvalue weighted by molar-refractivity contribution is -0.138. The van der Waals surface area contributed by atoms with Crippen molar-refractivity contribution in [3.8, 4) is 0 Å². The number of hydrogen-bond acceptors (Lipinski definition) is 6. The number of carboxylic acid groups (broad SMARTS) is 1. The minimum Gasteiger partial charge on any atom is -0.481 e. The van der Waals surface area contributed by atoms with Gasteiger partial charge in [0, 0.05) is 25.4 Å². The fourth-order valence-corrected chi connectivity index (χ4v) is 3.17. The van der Waals surface area contributed by atoms with E-state index < -0.39 is 5.97 Å². The van der Waals surface area contributed by atoms with Crippen LogP contribution in [0.25, 0.3) is 0 Å². The predicted molar refractivity (Wildman–Crippen MR) is 92.3 cm³/mol. The van der Waals surface area contributed by atoms with E-state index in [1.165, 1.54) is 0 Å². The zero-order chi connectivity index (χ0) is 18.5. The summed E-state index contributed by atoms with van der Waals surface area (Å²) in [7, 11) is 1.94. The van der Waals surface area contributed by atoms with Crippen molar-refractivity contribution in [2.75, 3.05) is 13.6 Å². The molecule has 8 nitrogen and oxygen atoms in total. The summed E-state index contributed by atoms with van der Waals surface area (Å²) in [5, 5.41) is 15.6. The first-order valence-electron chi connectivity index (χ1n) is 8.59. The molecule has 1 aromatic heterocycles. The Hall–Kier alpha value is -2.74. The van der Waals surface area contributed by atoms with Gasteiger partial charge in [0.05, 0.1) is 12.5 Å². The molecule has 8 heteroatoms. The Labute approximate surface area is 151 Å². The number of benzene rings is 1. The molecule has 26 heavy (non-hydrogen) atoms. The highest BCUT2D eigenvalue weighted by atomic mass is 16.5. The van der Waals surface area contributed by atoms with Crippen LogP contribution >= 0.6 is 0 Å². The van der Waals surface area contributed by atoms with E-state index in [2.05, 4.69) is 20.4 Å². The Kier molecular flexibility index (Phi) is 5.62. The van der Waals surface area contributed by atoms with Gasteiger partial charge in [0.15, 0.2) is 5.82 Å². The van der Waals surface area contributed by atoms with Crippen LogP contribution in [0.2, 0.25) is 0 Å². The standard InChI is InChI=1S/C18H22N4O4/c1-22-11-13(19-16(23)7-8-17(24)25)10-14(22)18-20-15(21-26-18)9-12-5-3-2-4-6-12/h2-6,13-14H,7-11H2,1H3,(H,19,23)(H,24,25). The van der Waals surface area contributed by atoms with E-state index >= 15 is 0 Å². The smallest absolute Gasteiger partial charge is 0.303 e. The Bertz CT molecular complexity index is 762. The first-order chi connectivity index (χ1) is 12.5. The largest absolute Gasteiger partial charge is 0.481 e. The molecule has 0 aliphatic carbocycles. The molecular weight excluding hydrogens is 336 g/mol. The maximum absolute atomic E-state index is 11.8. The van der Waals surface area contributed by atoms with Crippen LogP contribution in [0.3, 0.4) is 0 Å². The minimum absolute atomic E-state index is 0.0119. The molecule has 2 N–H and O–H groups in total. The van der Waals surface area contributed by atoms with Crippen molar-refractivity contribution >= 4 is 11.9 Å². The molecule has 0 radical (unpaired) electrons. The number of amides is 1. The first kappa shape index (κ1) is 18.1. The number of aliphatic carboxylic acids is 1. The van der Waals surface area contributed by atoms with Crippen molar-refractivity contribution < 1.29 is 19.2 Å². The van der Waals surface area contributed by atoms with Gasteiger partial charge in [-0.25, -0.2) is 0 Å². The van der Waals surface area contributed by atoms with E-state index in [-0.39, 0.29) is 30.8 Å². The third-order valence-corrected chi connectivity index (χ3v) is 4.45. The summed E-state index contributed by atoms with van der Waals surface area (Å²) in [6.07, 6.45) is 1.09. The van der Waals surface area contributed by atoms with E-state index in [9.17, 15) is 9.59 Å². The average molecular weight is 358 g/mol. The van der Waals surface area contributed by atoms with Gasteiger partial charge in [-0.3, -0.25) is 14.5 Å². The van der Waals surface area contributed by atoms with Gasteiger partial charge in [0.2, 0.25) is 11.8 Å². The highest BCUT2D eigenvalue weighted by molar-refractivity contribution is 5.80. The molecule has 2 aromatic rings. The summed E-state index contributed by atoms with van der Waals surface area (Å²) in [6, 6.07) is 9.81. The number of nitrogens with zero attached hydrogens (tertiary/aromatic N) is 3. The summed E-state index contributed by atoms with van der Waals surface area (Å²) in [5.41, 5.74) is 1.11. The molecule has 1 aromatic carbocycles. The zero-order valence-electron chi connectivity index (χ0n) is 14.6. The number of nitrogens with one attached hydrogen (secondary N) is 1. The molecule has 2 heterocycles. The van der Waals surface area contributed by atoms with Crippen molar-refractivity contribution in [2.45, 2.75) is 37.8 Å². The molecular formula is C18H22N4O4. The molecule has 3 rings (SSSR count). The van der Waals surface area contributed by atoms with Gasteiger partial charge in [-0.15, -0.1) is 0 Å². The fraction of sp³-hybridized carbons (Fsp3) is 0.444. The quantitative estimate of drug-likeness (QED) is 0.770. The van der Waals surface area contributed by atoms with E-state index in [1.54, 1.807) is 0 Å². The molecule has 1 aliphatic rings. The van der Waals surface area contributed by atoms with Gasteiger partial charge in [-0.05, 0) is 19.0 Å². The molecule has 2 atom stereocenters. The van der Waals surface area contributed by atoms with Gasteiger partial charge >= 0.3 is 5.97 Å². The van der Waals surface area contributed by atoms with Crippen LogP contribution in [-0.2, 0) is 16.0 Å². The maximum Gasteiger partial charge on any atom is 0.303 e. The summed E-state index contributed by atoms with van der Waals surface area (Å²) in [5.74, 6) is -0.0469. The van der Waals surface area contributed by atoms with Gasteiger partial charge in [-0.1, -0.05) is 35.5 Å². The Morgan fingerprint density at radius 1 is 1.31 bits per heavy atom. The number of rotatable bonds is 7. The van der Waals surface area contributed by atoms with Crippen LogP contribution in [0, 0.1) is 0 Å². The Balaban J connectivity index is 1.56. The average Bonchev–Trinajstić information content (AvgIpc) is 3.20. The third-order valence-electron chi connectivity index (χ3n) is 4.45. The van der Waals surface area contributed by atoms with Crippen LogP contribution in [0.15, 0.2) is 34.9 Å². The van der Waals surface area contributed by atoms with Crippen LogP contribution in [0.4, 0.5) is 0 Å². The summed E-state index contributed by atoms with van der Waals surface area (Å²) >= 11 is 0. The summed E-state index contributed by atoms with van der Waals surface area (Å²) < 4.78 is 5.43. The molecule has 1 fully saturated rings. The van der Waals surface area contributed by atoms with Gasteiger partial charge in [0.1, 0.15) is 0 Å². The molecule has 0 spiro atoms. The van der Waals surface area contributed by atoms with Gasteiger partial charge < -0.3 is 14.9 Å². The second-order valence-electron chi connectivity index (χ2n) is 6.56. The summed E-state index contributed by atoms with van der Waals surface area (Å²) in [4.78, 5) is 28.9. The van der Waals surface area contributed by atoms with Crippen LogP contribution < -0.4 is 5.32 Å². The molecule has 1 amide bonds. The lowest BCUT2D eigenvalue weighted by Crippen LogP contribution is -2.36. The van der Waals surface area contributed by atoms with Crippen LogP contribution in [0.5, 0.6) is 0 Å². The predicted octanol–water partition coefficient (Wildman–Crippen LogP) is 1.39. The van der Waals surface area contributed by atoms with E-state index in [0.29, 0.717) is 31.1 Å². The maximum atomic E-state index is 11.8. The molecule has 1 saturated heterocycles. The van der Waals surface area contributed by atoms with Crippen molar-refractivity contribution in [3.05, 3.63) is 47.6 Å². The van der Waals surface area contributed by atoms with Crippen LogP contribution in [0.1, 0.15) is 42.6 Å². The van der Waals surface area contributed by atoms with E-state index in [1.807, 2.05) is 37.4 Å². The first-order valence-corrected chi connectivity index (χ1v) is 8.59.